The molecule has 4 aliphatic carbocycles. The molecule has 0 bridgehead atoms. The molecule has 8 heteroatoms. The molecule has 194 valence electrons. The van der Waals surface area contributed by atoms with Gasteiger partial charge in [-0.1, -0.05) is 45.4 Å². The van der Waals surface area contributed by atoms with E-state index in [1.807, 2.05) is 0 Å². The van der Waals surface area contributed by atoms with E-state index in [4.69, 9.17) is 9.26 Å². The van der Waals surface area contributed by atoms with Crippen molar-refractivity contribution >= 4 is 15.9 Å². The van der Waals surface area contributed by atoms with E-state index >= 15 is 0 Å². The lowest BCUT2D eigenvalue weighted by Gasteiger charge is -2.71. The zero-order chi connectivity index (χ0) is 25.4. The van der Waals surface area contributed by atoms with E-state index in [1.165, 1.54) is 30.5 Å². The first-order valence-electron chi connectivity index (χ1n) is 13.0. The number of alkyl halides is 3. The van der Waals surface area contributed by atoms with Crippen molar-refractivity contribution in [2.24, 2.45) is 17.8 Å². The molecule has 0 radical (unpaired) electrons. The zero-order valence-electron chi connectivity index (χ0n) is 20.1. The van der Waals surface area contributed by atoms with Gasteiger partial charge in [-0.2, -0.15) is 0 Å². The molecular weight excluding hydrogens is 547 g/mol. The van der Waals surface area contributed by atoms with Gasteiger partial charge in [0.15, 0.2) is 0 Å². The highest BCUT2D eigenvalue weighted by molar-refractivity contribution is 9.10. The normalized spacial score (nSPS) is 30.3. The number of nitrogens with zero attached hydrogens (tertiary/aromatic N) is 1. The highest BCUT2D eigenvalue weighted by Crippen LogP contribution is 2.72. The Balaban J connectivity index is 1.08. The highest BCUT2D eigenvalue weighted by Gasteiger charge is 2.67. The fourth-order valence-electron chi connectivity index (χ4n) is 7.51. The zero-order valence-corrected chi connectivity index (χ0v) is 21.7. The molecule has 4 aliphatic rings. The van der Waals surface area contributed by atoms with Crippen LogP contribution in [0.4, 0.5) is 13.2 Å². The molecule has 1 aromatic heterocycles. The summed E-state index contributed by atoms with van der Waals surface area (Å²) < 4.78 is 56.7. The monoisotopic (exact) mass is 573 g/mol. The first-order valence-corrected chi connectivity index (χ1v) is 13.8. The average molecular weight is 574 g/mol. The van der Waals surface area contributed by atoms with Crippen molar-refractivity contribution in [3.63, 3.8) is 0 Å². The fraction of sp³-hybridized carbons (Fsp3) is 0.483. The third-order valence-corrected chi connectivity index (χ3v) is 9.58. The van der Waals surface area contributed by atoms with Gasteiger partial charge in [0, 0.05) is 21.5 Å². The molecular formula is C29H27BrF3NO3. The van der Waals surface area contributed by atoms with Crippen LogP contribution in [0, 0.1) is 17.8 Å². The lowest BCUT2D eigenvalue weighted by Crippen LogP contribution is -2.67. The molecule has 0 N–H and O–H groups in total. The van der Waals surface area contributed by atoms with Gasteiger partial charge in [0.1, 0.15) is 17.2 Å². The topological polar surface area (TPSA) is 44.5 Å². The van der Waals surface area contributed by atoms with Crippen LogP contribution in [0.5, 0.6) is 5.75 Å². The number of rotatable bonds is 7. The Bertz CT molecular complexity index is 1300. The van der Waals surface area contributed by atoms with Gasteiger partial charge in [-0.05, 0) is 91.5 Å². The minimum Gasteiger partial charge on any atom is -0.405 e. The van der Waals surface area contributed by atoms with Gasteiger partial charge < -0.3 is 14.0 Å². The van der Waals surface area contributed by atoms with E-state index < -0.39 is 6.36 Å². The lowest BCUT2D eigenvalue weighted by molar-refractivity contribution is -0.274. The maximum atomic E-state index is 13.0. The van der Waals surface area contributed by atoms with Crippen LogP contribution >= 0.6 is 15.9 Å². The van der Waals surface area contributed by atoms with E-state index in [0.717, 1.165) is 47.4 Å². The Labute approximate surface area is 221 Å². The number of hydrogen-bond acceptors (Lipinski definition) is 4. The number of halogens is 4. The van der Waals surface area contributed by atoms with Gasteiger partial charge in [-0.25, -0.2) is 0 Å². The van der Waals surface area contributed by atoms with Crippen molar-refractivity contribution in [2.75, 3.05) is 0 Å². The van der Waals surface area contributed by atoms with E-state index in [-0.39, 0.29) is 29.9 Å². The summed E-state index contributed by atoms with van der Waals surface area (Å²) >= 11 is 3.54. The first kappa shape index (κ1) is 23.8. The summed E-state index contributed by atoms with van der Waals surface area (Å²) in [7, 11) is 0. The van der Waals surface area contributed by atoms with Crippen LogP contribution in [-0.4, -0.2) is 17.6 Å². The second-order valence-electron chi connectivity index (χ2n) is 11.2. The van der Waals surface area contributed by atoms with Crippen molar-refractivity contribution in [1.29, 1.82) is 0 Å². The van der Waals surface area contributed by atoms with Crippen molar-refractivity contribution < 1.29 is 27.2 Å². The van der Waals surface area contributed by atoms with Crippen LogP contribution in [0.15, 0.2) is 57.5 Å². The molecule has 37 heavy (non-hydrogen) atoms. The molecule has 4 fully saturated rings. The number of aromatic nitrogens is 1. The van der Waals surface area contributed by atoms with E-state index in [9.17, 15) is 13.2 Å². The Hall–Kier alpha value is -2.32. The van der Waals surface area contributed by atoms with Crippen molar-refractivity contribution in [3.05, 3.63) is 69.9 Å². The summed E-state index contributed by atoms with van der Waals surface area (Å²) in [5.41, 5.74) is 3.24. The van der Waals surface area contributed by atoms with Crippen LogP contribution in [0.2, 0.25) is 0 Å². The predicted molar refractivity (Wildman–Crippen MR) is 134 cm³/mol. The molecule has 0 saturated heterocycles. The average Bonchev–Trinajstić information content (AvgIpc) is 3.58. The summed E-state index contributed by atoms with van der Waals surface area (Å²) in [5, 5.41) is 4.21. The van der Waals surface area contributed by atoms with Gasteiger partial charge in [-0.3, -0.25) is 0 Å². The minimum absolute atomic E-state index is 0.144. The van der Waals surface area contributed by atoms with E-state index in [0.29, 0.717) is 22.9 Å². The lowest BCUT2D eigenvalue weighted by atomic mass is 9.33. The smallest absolute Gasteiger partial charge is 0.405 e. The SMILES string of the molecule is FC(F)(F)Oc1ccccc1-c1noc(C2CC2)c1COC1CC2CC3(c4ccc(Br)cc4)C[C@H](C1)C23. The van der Waals surface area contributed by atoms with Gasteiger partial charge in [0.2, 0.25) is 0 Å². The summed E-state index contributed by atoms with van der Waals surface area (Å²) in [6, 6.07) is 14.9. The standard InChI is InChI=1S/C29H27BrF3NO3/c30-20-9-7-19(8-10-20)28-13-17-11-21(12-18(14-28)25(17)28)35-15-23-26(34-37-27(23)16-5-6-16)22-3-1-2-4-24(22)36-29(31,32)33/h1-4,7-10,16-18,21,25H,5-6,11-15H2/t17-,18?,21?,25?,28?/m0/s1. The maximum Gasteiger partial charge on any atom is 0.573 e. The molecule has 7 rings (SSSR count). The number of benzene rings is 2. The molecule has 4 saturated carbocycles. The first-order chi connectivity index (χ1) is 17.8. The Morgan fingerprint density at radius 1 is 1.00 bits per heavy atom. The highest BCUT2D eigenvalue weighted by atomic mass is 79.9. The molecule has 0 aliphatic heterocycles. The van der Waals surface area contributed by atoms with Crippen LogP contribution in [0.3, 0.4) is 0 Å². The fourth-order valence-corrected chi connectivity index (χ4v) is 7.77. The van der Waals surface area contributed by atoms with Gasteiger partial charge in [-0.15, -0.1) is 13.2 Å². The molecule has 4 unspecified atom stereocenters. The Morgan fingerprint density at radius 2 is 1.70 bits per heavy atom. The molecule has 3 aromatic rings. The molecule has 2 aromatic carbocycles. The van der Waals surface area contributed by atoms with E-state index in [1.54, 1.807) is 12.1 Å². The van der Waals surface area contributed by atoms with Gasteiger partial charge in [0.05, 0.1) is 12.7 Å². The van der Waals surface area contributed by atoms with Crippen molar-refractivity contribution in [3.8, 4) is 17.0 Å². The molecule has 1 heterocycles. The van der Waals surface area contributed by atoms with Crippen LogP contribution in [-0.2, 0) is 16.8 Å². The summed E-state index contributed by atoms with van der Waals surface area (Å²) in [6.45, 7) is 0.289. The largest absolute Gasteiger partial charge is 0.573 e. The molecule has 4 nitrogen and oxygen atoms in total. The third-order valence-electron chi connectivity index (χ3n) is 9.06. The molecule has 0 amide bonds. The second kappa shape index (κ2) is 8.60. The van der Waals surface area contributed by atoms with Crippen LogP contribution < -0.4 is 4.74 Å². The van der Waals surface area contributed by atoms with Gasteiger partial charge in [0.25, 0.3) is 0 Å². The quantitative estimate of drug-likeness (QED) is 0.286. The van der Waals surface area contributed by atoms with Gasteiger partial charge >= 0.3 is 6.36 Å². The van der Waals surface area contributed by atoms with E-state index in [2.05, 4.69) is 50.1 Å². The number of ether oxygens (including phenoxy) is 2. The third kappa shape index (κ3) is 4.11. The number of para-hydroxylation sites is 1. The Morgan fingerprint density at radius 3 is 2.38 bits per heavy atom. The summed E-state index contributed by atoms with van der Waals surface area (Å²) in [6.07, 6.45) is 1.84. The Kier molecular flexibility index (Phi) is 5.52. The van der Waals surface area contributed by atoms with Crippen molar-refractivity contribution in [1.82, 2.24) is 5.16 Å². The van der Waals surface area contributed by atoms with Crippen molar-refractivity contribution in [2.45, 2.75) is 68.9 Å². The second-order valence-corrected chi connectivity index (χ2v) is 12.1. The summed E-state index contributed by atoms with van der Waals surface area (Å²) in [4.78, 5) is 0. The summed E-state index contributed by atoms with van der Waals surface area (Å²) in [5.74, 6) is 2.82. The molecule has 5 atom stereocenters. The van der Waals surface area contributed by atoms with Crippen LogP contribution in [0.25, 0.3) is 11.3 Å². The molecule has 0 spiro atoms. The predicted octanol–water partition coefficient (Wildman–Crippen LogP) is 8.15. The van der Waals surface area contributed by atoms with Crippen LogP contribution in [0.1, 0.15) is 61.3 Å². The number of hydrogen-bond donors (Lipinski definition) is 0. The maximum absolute atomic E-state index is 13.0. The minimum atomic E-state index is -4.79.